The Morgan fingerprint density at radius 1 is 0.950 bits per heavy atom. The average Bonchev–Trinajstić information content (AvgIpc) is 2.22. The standard InChI is InChI=1S/C6H12O6.3H3N.H3O4P/c7-1-3(9)5(11)6(12)4(10)2-8;;;;1-5(2,3)4/h1,3-6,8-12H,2H2;3*1H3;(H3,1,2,3,4)/t3-,4+,5+,6+;;;;/m0..../s1. The third-order valence-corrected chi connectivity index (χ3v) is 1.42. The van der Waals surface area contributed by atoms with Crippen LogP contribution >= 0.6 is 7.82 Å². The molecule has 0 aromatic heterocycles. The Morgan fingerprint density at radius 3 is 1.45 bits per heavy atom. The first-order chi connectivity index (χ1) is 7.54. The van der Waals surface area contributed by atoms with Gasteiger partial charge < -0.3 is 68.0 Å². The number of hydrogen-bond acceptors (Lipinski definition) is 10. The van der Waals surface area contributed by atoms with Crippen LogP contribution in [0.1, 0.15) is 0 Å². The molecule has 0 aliphatic heterocycles. The summed E-state index contributed by atoms with van der Waals surface area (Å²) < 4.78 is 8.55. The van der Waals surface area contributed by atoms with Gasteiger partial charge in [-0.2, -0.15) is 7.82 Å². The monoisotopic (exact) mass is 329 g/mol. The number of aldehydes is 1. The maximum atomic E-state index is 9.90. The van der Waals surface area contributed by atoms with Crippen LogP contribution in [0.2, 0.25) is 0 Å². The van der Waals surface area contributed by atoms with Gasteiger partial charge in [0.25, 0.3) is 0 Å². The molecular weight excluding hydrogens is 305 g/mol. The Bertz CT molecular complexity index is 255. The van der Waals surface area contributed by atoms with Gasteiger partial charge >= 0.3 is 0 Å². The molecule has 0 rings (SSSR count). The van der Waals surface area contributed by atoms with Crippen molar-refractivity contribution in [3.8, 4) is 0 Å². The number of hydrogen-bond donors (Lipinski definition) is 8. The molecule has 0 fully saturated rings. The first-order valence-corrected chi connectivity index (χ1v) is 5.52. The Hall–Kier alpha value is -0.540. The Morgan fingerprint density at radius 2 is 1.25 bits per heavy atom. The molecule has 20 heavy (non-hydrogen) atoms. The van der Waals surface area contributed by atoms with Crippen molar-refractivity contribution in [2.75, 3.05) is 6.61 Å². The summed E-state index contributed by atoms with van der Waals surface area (Å²) in [5.74, 6) is 0. The van der Waals surface area contributed by atoms with Crippen LogP contribution in [0.25, 0.3) is 0 Å². The molecule has 0 bridgehead atoms. The van der Waals surface area contributed by atoms with Gasteiger partial charge in [-0.15, -0.1) is 0 Å². The SMILES string of the molecule is O=C[C@H](O)[C@@H](O)[C@H](O)[C@H](O)CO.O=P([O-])([O-])[O-].[NH4+].[NH4+].[NH4+]. The number of rotatable bonds is 5. The van der Waals surface area contributed by atoms with Gasteiger partial charge in [-0.25, -0.2) is 0 Å². The van der Waals surface area contributed by atoms with Gasteiger partial charge in [0.15, 0.2) is 6.29 Å². The first-order valence-electron chi connectivity index (χ1n) is 4.06. The predicted octanol–water partition coefficient (Wildman–Crippen LogP) is -5.07. The van der Waals surface area contributed by atoms with Crippen LogP contribution < -0.4 is 33.1 Å². The summed E-state index contributed by atoms with van der Waals surface area (Å²) >= 11 is 0. The number of aliphatic hydroxyl groups is 5. The largest absolute Gasteiger partial charge is 0.822 e. The average molecular weight is 329 g/mol. The molecule has 13 nitrogen and oxygen atoms in total. The third kappa shape index (κ3) is 19.8. The van der Waals surface area contributed by atoms with Crippen LogP contribution in [0, 0.1) is 0 Å². The molecular formula is C6H24N3O10P. The quantitative estimate of drug-likeness (QED) is 0.175. The second-order valence-electron chi connectivity index (χ2n) is 2.80. The van der Waals surface area contributed by atoms with Crippen molar-refractivity contribution < 1.29 is 49.6 Å². The van der Waals surface area contributed by atoms with E-state index in [1.807, 2.05) is 0 Å². The smallest absolute Gasteiger partial charge is 0.151 e. The van der Waals surface area contributed by atoms with Crippen LogP contribution in [0.4, 0.5) is 0 Å². The second-order valence-corrected chi connectivity index (χ2v) is 3.70. The maximum absolute atomic E-state index is 9.90. The fraction of sp³-hybridized carbons (Fsp3) is 0.833. The summed E-state index contributed by atoms with van der Waals surface area (Å²) in [5.41, 5.74) is 0. The summed E-state index contributed by atoms with van der Waals surface area (Å²) in [6.45, 7) is -0.760. The van der Waals surface area contributed by atoms with E-state index in [9.17, 15) is 4.79 Å². The van der Waals surface area contributed by atoms with E-state index in [1.165, 1.54) is 0 Å². The summed E-state index contributed by atoms with van der Waals surface area (Å²) in [5, 5.41) is 43.5. The lowest BCUT2D eigenvalue weighted by molar-refractivity contribution is -0.432. The van der Waals surface area contributed by atoms with E-state index < -0.39 is 38.8 Å². The van der Waals surface area contributed by atoms with E-state index in [0.29, 0.717) is 0 Å². The van der Waals surface area contributed by atoms with E-state index in [1.54, 1.807) is 0 Å². The molecule has 0 unspecified atom stereocenters. The zero-order chi connectivity index (χ0) is 14.2. The van der Waals surface area contributed by atoms with Crippen LogP contribution in [0.3, 0.4) is 0 Å². The van der Waals surface area contributed by atoms with Gasteiger partial charge in [-0.1, -0.05) is 0 Å². The predicted molar refractivity (Wildman–Crippen MR) is 62.7 cm³/mol. The summed E-state index contributed by atoms with van der Waals surface area (Å²) in [7, 11) is -5.39. The molecule has 0 amide bonds. The minimum Gasteiger partial charge on any atom is -0.822 e. The fourth-order valence-corrected chi connectivity index (χ4v) is 0.618. The van der Waals surface area contributed by atoms with E-state index in [4.69, 9.17) is 44.8 Å². The topological polar surface area (TPSA) is 314 Å². The van der Waals surface area contributed by atoms with E-state index in [2.05, 4.69) is 0 Å². The summed E-state index contributed by atoms with van der Waals surface area (Å²) in [6, 6.07) is 0. The van der Waals surface area contributed by atoms with E-state index in [-0.39, 0.29) is 24.7 Å². The Labute approximate surface area is 114 Å². The zero-order valence-electron chi connectivity index (χ0n) is 11.3. The molecule has 0 aromatic carbocycles. The van der Waals surface area contributed by atoms with Crippen LogP contribution in [0.5, 0.6) is 0 Å². The number of carbonyl (C=O) groups excluding carboxylic acids is 1. The molecule has 14 heteroatoms. The highest BCUT2D eigenvalue weighted by Crippen LogP contribution is 2.03. The summed E-state index contributed by atoms with van der Waals surface area (Å²) in [4.78, 5) is 35.5. The Balaban J connectivity index is -0.0000000821. The second kappa shape index (κ2) is 14.9. The van der Waals surface area contributed by atoms with Gasteiger partial charge in [-0.3, -0.25) is 0 Å². The van der Waals surface area contributed by atoms with Crippen LogP contribution in [-0.4, -0.2) is 62.8 Å². The van der Waals surface area contributed by atoms with Gasteiger partial charge in [0.2, 0.25) is 0 Å². The third-order valence-electron chi connectivity index (χ3n) is 1.42. The molecule has 0 aliphatic rings. The molecule has 0 radical (unpaired) electrons. The Kier molecular flexibility index (Phi) is 23.6. The van der Waals surface area contributed by atoms with Crippen molar-refractivity contribution >= 4 is 14.1 Å². The molecule has 4 atom stereocenters. The minimum absolute atomic E-state index is 0. The van der Waals surface area contributed by atoms with Crippen molar-refractivity contribution in [3.63, 3.8) is 0 Å². The van der Waals surface area contributed by atoms with Crippen molar-refractivity contribution in [1.29, 1.82) is 0 Å². The van der Waals surface area contributed by atoms with Crippen molar-refractivity contribution in [3.05, 3.63) is 0 Å². The van der Waals surface area contributed by atoms with Crippen molar-refractivity contribution in [1.82, 2.24) is 18.5 Å². The molecule has 128 valence electrons. The van der Waals surface area contributed by atoms with Crippen LogP contribution in [-0.2, 0) is 9.36 Å². The van der Waals surface area contributed by atoms with Gasteiger partial charge in [0.05, 0.1) is 6.61 Å². The molecule has 0 spiro atoms. The van der Waals surface area contributed by atoms with Crippen molar-refractivity contribution in [2.24, 2.45) is 0 Å². The molecule has 0 aromatic rings. The molecule has 0 aliphatic carbocycles. The normalized spacial score (nSPS) is 15.6. The lowest BCUT2D eigenvalue weighted by Crippen LogP contribution is -2.46. The first kappa shape index (κ1) is 31.7. The molecule has 0 saturated heterocycles. The van der Waals surface area contributed by atoms with E-state index in [0.717, 1.165) is 0 Å². The minimum atomic E-state index is -5.39. The molecule has 17 N–H and O–H groups in total. The van der Waals surface area contributed by atoms with Gasteiger partial charge in [0, 0.05) is 0 Å². The van der Waals surface area contributed by atoms with E-state index >= 15 is 0 Å². The molecule has 0 heterocycles. The van der Waals surface area contributed by atoms with Crippen LogP contribution in [0.15, 0.2) is 0 Å². The number of aliphatic hydroxyl groups excluding tert-OH is 5. The zero-order valence-corrected chi connectivity index (χ0v) is 12.2. The fourth-order valence-electron chi connectivity index (χ4n) is 0.618. The van der Waals surface area contributed by atoms with Crippen molar-refractivity contribution in [2.45, 2.75) is 24.4 Å². The number of quaternary nitrogens is 3. The van der Waals surface area contributed by atoms with Gasteiger partial charge in [-0.05, 0) is 0 Å². The number of carbonyl (C=O) groups is 1. The summed E-state index contributed by atoms with van der Waals surface area (Å²) in [6.07, 6.45) is -6.84. The lowest BCUT2D eigenvalue weighted by Gasteiger charge is -2.36. The molecule has 0 saturated carbocycles. The van der Waals surface area contributed by atoms with Gasteiger partial charge in [0.1, 0.15) is 24.4 Å². The highest BCUT2D eigenvalue weighted by molar-refractivity contribution is 7.40. The maximum Gasteiger partial charge on any atom is 0.151 e. The number of phosphoric acid groups is 1. The highest BCUT2D eigenvalue weighted by atomic mass is 31.2. The lowest BCUT2D eigenvalue weighted by atomic mass is 10.0. The highest BCUT2D eigenvalue weighted by Gasteiger charge is 2.29.